The van der Waals surface area contributed by atoms with Gasteiger partial charge in [0.15, 0.2) is 9.84 Å². The lowest BCUT2D eigenvalue weighted by molar-refractivity contribution is -0.136. The topological polar surface area (TPSA) is 73.3 Å². The van der Waals surface area contributed by atoms with Crippen LogP contribution in [0, 0.1) is 0 Å². The normalized spacial score (nSPS) is 12.1. The molecule has 4 aromatic rings. The van der Waals surface area contributed by atoms with E-state index in [-0.39, 0.29) is 28.1 Å². The number of alkyl halides is 3. The number of rotatable bonds is 5. The molecule has 0 saturated heterocycles. The van der Waals surface area contributed by atoms with Gasteiger partial charge in [-0.05, 0) is 48.9 Å². The number of esters is 1. The number of halogens is 3. The zero-order valence-electron chi connectivity index (χ0n) is 18.0. The monoisotopic (exact) mass is 505 g/mol. The van der Waals surface area contributed by atoms with Crippen molar-refractivity contribution >= 4 is 38.0 Å². The van der Waals surface area contributed by atoms with Gasteiger partial charge in [-0.3, -0.25) is 0 Å². The maximum Gasteiger partial charge on any atom is 0.418 e. The third kappa shape index (κ3) is 4.69. The molecule has 0 N–H and O–H groups in total. The molecule has 10 heteroatoms. The quantitative estimate of drug-likeness (QED) is 0.301. The van der Waals surface area contributed by atoms with Crippen LogP contribution >= 0.6 is 11.3 Å². The smallest absolute Gasteiger partial charge is 0.418 e. The lowest BCUT2D eigenvalue weighted by atomic mass is 10.0. The lowest BCUT2D eigenvalue weighted by Crippen LogP contribution is -2.11. The summed E-state index contributed by atoms with van der Waals surface area (Å²) in [7, 11) is -3.41. The van der Waals surface area contributed by atoms with Crippen molar-refractivity contribution in [1.82, 2.24) is 4.98 Å². The van der Waals surface area contributed by atoms with E-state index in [4.69, 9.17) is 4.74 Å². The second-order valence-electron chi connectivity index (χ2n) is 7.44. The number of fused-ring (bicyclic) bond motifs is 1. The highest BCUT2D eigenvalue weighted by Gasteiger charge is 2.34. The van der Waals surface area contributed by atoms with E-state index >= 15 is 0 Å². The number of benzene rings is 2. The average molecular weight is 506 g/mol. The molecule has 2 aromatic carbocycles. The van der Waals surface area contributed by atoms with Crippen LogP contribution in [-0.4, -0.2) is 32.2 Å². The van der Waals surface area contributed by atoms with Gasteiger partial charge in [0.25, 0.3) is 0 Å². The molecule has 0 spiro atoms. The second kappa shape index (κ2) is 8.84. The Morgan fingerprint density at radius 2 is 1.74 bits per heavy atom. The summed E-state index contributed by atoms with van der Waals surface area (Å²) in [6.45, 7) is 1.64. The summed E-state index contributed by atoms with van der Waals surface area (Å²) in [4.78, 5) is 17.8. The Morgan fingerprint density at radius 1 is 1.03 bits per heavy atom. The van der Waals surface area contributed by atoms with Gasteiger partial charge in [0.2, 0.25) is 0 Å². The molecule has 0 saturated carbocycles. The zero-order chi connectivity index (χ0) is 24.7. The van der Waals surface area contributed by atoms with Crippen LogP contribution in [0.4, 0.5) is 13.2 Å². The number of ether oxygens (including phenoxy) is 1. The van der Waals surface area contributed by atoms with Gasteiger partial charge in [-0.15, -0.1) is 11.3 Å². The minimum Gasteiger partial charge on any atom is -0.461 e. The molecule has 0 fully saturated rings. The molecule has 0 aliphatic heterocycles. The fraction of sp³-hybridized carbons (Fsp3) is 0.167. The molecular weight excluding hydrogens is 487 g/mol. The Hall–Kier alpha value is -3.24. The number of thiophene rings is 1. The van der Waals surface area contributed by atoms with Crippen molar-refractivity contribution in [3.8, 4) is 20.9 Å². The predicted molar refractivity (Wildman–Crippen MR) is 125 cm³/mol. The van der Waals surface area contributed by atoms with Crippen molar-refractivity contribution < 1.29 is 31.1 Å². The van der Waals surface area contributed by atoms with Gasteiger partial charge in [-0.25, -0.2) is 18.2 Å². The van der Waals surface area contributed by atoms with E-state index in [0.717, 1.165) is 17.2 Å². The van der Waals surface area contributed by atoms with Crippen molar-refractivity contribution in [2.45, 2.75) is 18.0 Å². The van der Waals surface area contributed by atoms with E-state index in [9.17, 15) is 26.4 Å². The minimum atomic E-state index is -4.66. The molecule has 2 heterocycles. The maximum atomic E-state index is 13.7. The molecule has 0 radical (unpaired) electrons. The largest absolute Gasteiger partial charge is 0.461 e. The zero-order valence-corrected chi connectivity index (χ0v) is 19.6. The molecule has 34 heavy (non-hydrogen) atoms. The van der Waals surface area contributed by atoms with Gasteiger partial charge in [0.05, 0.1) is 22.6 Å². The summed E-state index contributed by atoms with van der Waals surface area (Å²) < 4.78 is 69.9. The number of nitrogens with zero attached hydrogens (tertiary/aromatic N) is 1. The molecule has 0 atom stereocenters. The minimum absolute atomic E-state index is 0.0502. The van der Waals surface area contributed by atoms with Crippen LogP contribution < -0.4 is 0 Å². The molecule has 0 aliphatic rings. The van der Waals surface area contributed by atoms with E-state index in [1.807, 2.05) is 0 Å². The first-order chi connectivity index (χ1) is 16.0. The van der Waals surface area contributed by atoms with Gasteiger partial charge in [0.1, 0.15) is 5.69 Å². The molecule has 0 bridgehead atoms. The third-order valence-electron chi connectivity index (χ3n) is 5.05. The number of sulfone groups is 1. The van der Waals surface area contributed by atoms with E-state index in [2.05, 4.69) is 4.98 Å². The number of carbonyl (C=O) groups excluding carboxylic acids is 1. The standard InChI is InChI=1S/C24H18F3NO4S2/c1-3-32-23(29)19-13-17(16-8-5-9-18(22(16)28-19)24(25,26)27)21-11-10-20(33-21)14-6-4-7-15(12-14)34(2,30)31/h4-13H,3H2,1-2H3. The molecule has 5 nitrogen and oxygen atoms in total. The van der Waals surface area contributed by atoms with Crippen molar-refractivity contribution in [1.29, 1.82) is 0 Å². The lowest BCUT2D eigenvalue weighted by Gasteiger charge is -2.13. The Balaban J connectivity index is 1.92. The van der Waals surface area contributed by atoms with Gasteiger partial charge in [0, 0.05) is 27.0 Å². The Kier molecular flexibility index (Phi) is 6.22. The van der Waals surface area contributed by atoms with Crippen LogP contribution in [0.25, 0.3) is 31.8 Å². The average Bonchev–Trinajstić information content (AvgIpc) is 3.27. The van der Waals surface area contributed by atoms with Gasteiger partial charge >= 0.3 is 12.1 Å². The fourth-order valence-corrected chi connectivity index (χ4v) is 5.21. The maximum absolute atomic E-state index is 13.7. The highest BCUT2D eigenvalue weighted by Crippen LogP contribution is 2.41. The van der Waals surface area contributed by atoms with Crippen LogP contribution in [0.1, 0.15) is 23.0 Å². The van der Waals surface area contributed by atoms with Crippen molar-refractivity contribution in [3.05, 3.63) is 71.9 Å². The number of pyridine rings is 1. The first kappa shape index (κ1) is 23.9. The summed E-state index contributed by atoms with van der Waals surface area (Å²) >= 11 is 1.26. The summed E-state index contributed by atoms with van der Waals surface area (Å²) in [6, 6.07) is 15.0. The van der Waals surface area contributed by atoms with Gasteiger partial charge in [-0.2, -0.15) is 13.2 Å². The summed E-state index contributed by atoms with van der Waals surface area (Å²) in [5.41, 5.74) is -0.469. The molecule has 4 rings (SSSR count). The van der Waals surface area contributed by atoms with Crippen LogP contribution in [0.15, 0.2) is 65.6 Å². The van der Waals surface area contributed by atoms with E-state index in [1.54, 1.807) is 37.3 Å². The number of para-hydroxylation sites is 1. The first-order valence-corrected chi connectivity index (χ1v) is 12.8. The van der Waals surface area contributed by atoms with Crippen LogP contribution in [0.5, 0.6) is 0 Å². The van der Waals surface area contributed by atoms with Crippen LogP contribution in [-0.2, 0) is 20.8 Å². The Labute approximate surface area is 197 Å². The first-order valence-electron chi connectivity index (χ1n) is 10.1. The van der Waals surface area contributed by atoms with E-state index < -0.39 is 27.5 Å². The fourth-order valence-electron chi connectivity index (χ4n) is 3.51. The van der Waals surface area contributed by atoms with Gasteiger partial charge in [-0.1, -0.05) is 24.3 Å². The Morgan fingerprint density at radius 3 is 2.41 bits per heavy atom. The number of aromatic nitrogens is 1. The molecule has 0 unspecified atom stereocenters. The summed E-state index contributed by atoms with van der Waals surface area (Å²) in [5.74, 6) is -0.819. The SMILES string of the molecule is CCOC(=O)c1cc(-c2ccc(-c3cccc(S(C)(=O)=O)c3)s2)c2cccc(C(F)(F)F)c2n1. The number of carbonyl (C=O) groups is 1. The van der Waals surface area contributed by atoms with Crippen LogP contribution in [0.2, 0.25) is 0 Å². The van der Waals surface area contributed by atoms with Crippen molar-refractivity contribution in [3.63, 3.8) is 0 Å². The molecule has 2 aromatic heterocycles. The summed E-state index contributed by atoms with van der Waals surface area (Å²) in [5, 5.41) is 0.237. The highest BCUT2D eigenvalue weighted by molar-refractivity contribution is 7.90. The molecule has 0 amide bonds. The highest BCUT2D eigenvalue weighted by atomic mass is 32.2. The van der Waals surface area contributed by atoms with Crippen molar-refractivity contribution in [2.75, 3.05) is 12.9 Å². The van der Waals surface area contributed by atoms with Crippen LogP contribution in [0.3, 0.4) is 0 Å². The molecule has 176 valence electrons. The van der Waals surface area contributed by atoms with Crippen molar-refractivity contribution in [2.24, 2.45) is 0 Å². The Bertz CT molecular complexity index is 1510. The van der Waals surface area contributed by atoms with E-state index in [0.29, 0.717) is 16.0 Å². The molecule has 0 aliphatic carbocycles. The third-order valence-corrected chi connectivity index (χ3v) is 7.33. The number of hydrogen-bond donors (Lipinski definition) is 0. The molecular formula is C24H18F3NO4S2. The van der Waals surface area contributed by atoms with E-state index in [1.165, 1.54) is 35.6 Å². The second-order valence-corrected chi connectivity index (χ2v) is 10.5. The summed E-state index contributed by atoms with van der Waals surface area (Å²) in [6.07, 6.45) is -3.55. The number of hydrogen-bond acceptors (Lipinski definition) is 6. The van der Waals surface area contributed by atoms with Gasteiger partial charge < -0.3 is 4.74 Å². The predicted octanol–water partition coefficient (Wildman–Crippen LogP) is 6.23.